The van der Waals surface area contributed by atoms with E-state index in [1.54, 1.807) is 0 Å². The molecule has 0 radical (unpaired) electrons. The van der Waals surface area contributed by atoms with Crippen molar-refractivity contribution in [2.24, 2.45) is 5.73 Å². The molecule has 10 rings (SSSR count). The van der Waals surface area contributed by atoms with E-state index >= 15 is 0 Å². The smallest absolute Gasteiger partial charge is 0.138 e. The fourth-order valence-electron chi connectivity index (χ4n) is 8.74. The quantitative estimate of drug-likeness (QED) is 0.178. The molecule has 254 valence electrons. The summed E-state index contributed by atoms with van der Waals surface area (Å²) >= 11 is 0. The van der Waals surface area contributed by atoms with Crippen LogP contribution in [-0.4, -0.2) is 15.6 Å². The van der Waals surface area contributed by atoms with Crippen LogP contribution in [0.5, 0.6) is 0 Å². The molecular formula is C49H38N4. The minimum absolute atomic E-state index is 0.0645. The number of benzene rings is 5. The van der Waals surface area contributed by atoms with E-state index in [0.717, 1.165) is 52.2 Å². The van der Waals surface area contributed by atoms with Crippen molar-refractivity contribution in [3.8, 4) is 17.1 Å². The molecule has 0 spiro atoms. The van der Waals surface area contributed by atoms with Crippen LogP contribution in [0.15, 0.2) is 176 Å². The Morgan fingerprint density at radius 1 is 0.792 bits per heavy atom. The van der Waals surface area contributed by atoms with Crippen LogP contribution in [0.3, 0.4) is 0 Å². The Kier molecular flexibility index (Phi) is 7.36. The van der Waals surface area contributed by atoms with Crippen LogP contribution >= 0.6 is 0 Å². The minimum Gasteiger partial charge on any atom is -0.385 e. The van der Waals surface area contributed by atoms with Crippen LogP contribution in [0.2, 0.25) is 0 Å². The molecule has 2 N–H and O–H groups in total. The maximum Gasteiger partial charge on any atom is 0.138 e. The van der Waals surface area contributed by atoms with Gasteiger partial charge < -0.3 is 10.6 Å². The molecule has 4 nitrogen and oxygen atoms in total. The Labute approximate surface area is 309 Å². The van der Waals surface area contributed by atoms with Gasteiger partial charge in [0.25, 0.3) is 0 Å². The van der Waals surface area contributed by atoms with Crippen LogP contribution in [0.4, 0.5) is 5.69 Å². The number of rotatable bonds is 6. The molecule has 2 unspecified atom stereocenters. The van der Waals surface area contributed by atoms with E-state index in [4.69, 9.17) is 10.7 Å². The zero-order chi connectivity index (χ0) is 35.5. The van der Waals surface area contributed by atoms with Gasteiger partial charge in [-0.25, -0.2) is 4.98 Å². The van der Waals surface area contributed by atoms with Gasteiger partial charge in [-0.05, 0) is 81.8 Å². The van der Waals surface area contributed by atoms with Gasteiger partial charge in [0.1, 0.15) is 11.6 Å². The van der Waals surface area contributed by atoms with Gasteiger partial charge >= 0.3 is 0 Å². The Morgan fingerprint density at radius 2 is 1.60 bits per heavy atom. The van der Waals surface area contributed by atoms with Crippen molar-refractivity contribution in [1.82, 2.24) is 9.55 Å². The number of hydrogen-bond donors (Lipinski definition) is 1. The number of anilines is 1. The summed E-state index contributed by atoms with van der Waals surface area (Å²) in [4.78, 5) is 7.67. The highest BCUT2D eigenvalue weighted by atomic mass is 15.3. The van der Waals surface area contributed by atoms with Crippen LogP contribution in [0.25, 0.3) is 61.3 Å². The van der Waals surface area contributed by atoms with Gasteiger partial charge in [-0.15, -0.1) is 0 Å². The largest absolute Gasteiger partial charge is 0.385 e. The number of pyridine rings is 1. The van der Waals surface area contributed by atoms with Crippen LogP contribution in [0, 0.1) is 0 Å². The van der Waals surface area contributed by atoms with E-state index in [0.29, 0.717) is 5.82 Å². The van der Waals surface area contributed by atoms with E-state index in [2.05, 4.69) is 174 Å². The summed E-state index contributed by atoms with van der Waals surface area (Å²) in [7, 11) is 0. The standard InChI is InChI=1S/C49H38N4/c1-32(35-23-11-17-33-15-2-4-19-36(33)35)14-10-28-46(50)53-43-26-8-6-21-39(43)40-30-31-45-48(49(40)53)41-22-7-9-27-44(41)52(45)47-29-13-25-42(51-47)38-24-12-18-34-16-3-5-20-37(34)38/h3-14,16-31,39,43H,1-2,15,50H2/b14-10-,46-28+. The molecule has 2 atom stereocenters. The third-order valence-electron chi connectivity index (χ3n) is 11.1. The first-order valence-corrected chi connectivity index (χ1v) is 18.4. The number of fused-ring (bicyclic) bond motifs is 9. The van der Waals surface area contributed by atoms with Gasteiger partial charge in [-0.2, -0.15) is 0 Å². The van der Waals surface area contributed by atoms with Crippen molar-refractivity contribution in [3.63, 3.8) is 0 Å². The number of aryl methyl sites for hydroxylation is 1. The van der Waals surface area contributed by atoms with E-state index in [9.17, 15) is 0 Å². The lowest BCUT2D eigenvalue weighted by Crippen LogP contribution is -2.35. The second-order valence-corrected chi connectivity index (χ2v) is 14.1. The minimum atomic E-state index is 0.0645. The van der Waals surface area contributed by atoms with Gasteiger partial charge in [0, 0.05) is 22.3 Å². The lowest BCUT2D eigenvalue weighted by molar-refractivity contribution is 0.719. The van der Waals surface area contributed by atoms with Crippen molar-refractivity contribution in [2.75, 3.05) is 4.90 Å². The SMILES string of the molecule is C=C(/C=C\C=C(/N)N1c2c(ccc3c2c2ccccc2n3-c2cccc(-c3cccc4ccccc34)n2)C2C=CC=CC21)c1cccc2c1C=CCC2. The lowest BCUT2D eigenvalue weighted by atomic mass is 9.90. The number of nitrogens with two attached hydrogens (primary N) is 1. The number of allylic oxidation sites excluding steroid dienone is 7. The number of para-hydroxylation sites is 1. The highest BCUT2D eigenvalue weighted by molar-refractivity contribution is 6.17. The topological polar surface area (TPSA) is 47.1 Å². The molecule has 3 aliphatic rings. The lowest BCUT2D eigenvalue weighted by Gasteiger charge is -2.29. The first-order chi connectivity index (χ1) is 26.2. The number of nitrogens with zero attached hydrogens (tertiary/aromatic N) is 3. The first kappa shape index (κ1) is 31.1. The Morgan fingerprint density at radius 3 is 2.55 bits per heavy atom. The monoisotopic (exact) mass is 682 g/mol. The van der Waals surface area contributed by atoms with Gasteiger partial charge in [0.05, 0.1) is 28.5 Å². The molecule has 53 heavy (non-hydrogen) atoms. The van der Waals surface area contributed by atoms with Crippen molar-refractivity contribution in [3.05, 3.63) is 199 Å². The highest BCUT2D eigenvalue weighted by Crippen LogP contribution is 2.51. The maximum absolute atomic E-state index is 7.14. The molecule has 4 heteroatoms. The Hall–Kier alpha value is -6.65. The van der Waals surface area contributed by atoms with E-state index in [1.165, 1.54) is 43.8 Å². The van der Waals surface area contributed by atoms with Gasteiger partial charge in [0.15, 0.2) is 0 Å². The molecule has 7 aromatic rings. The van der Waals surface area contributed by atoms with Crippen molar-refractivity contribution in [1.29, 1.82) is 0 Å². The number of aromatic nitrogens is 2. The molecule has 0 saturated carbocycles. The van der Waals surface area contributed by atoms with Gasteiger partial charge in [-0.1, -0.05) is 146 Å². The van der Waals surface area contributed by atoms with E-state index in [-0.39, 0.29) is 12.0 Å². The third-order valence-corrected chi connectivity index (χ3v) is 11.1. The van der Waals surface area contributed by atoms with Gasteiger partial charge in [0.2, 0.25) is 0 Å². The summed E-state index contributed by atoms with van der Waals surface area (Å²) in [6.45, 7) is 4.44. The molecule has 3 heterocycles. The summed E-state index contributed by atoms with van der Waals surface area (Å²) in [5.74, 6) is 1.76. The second-order valence-electron chi connectivity index (χ2n) is 14.1. The zero-order valence-electron chi connectivity index (χ0n) is 29.4. The van der Waals surface area contributed by atoms with Crippen molar-refractivity contribution < 1.29 is 0 Å². The first-order valence-electron chi connectivity index (χ1n) is 18.4. The summed E-state index contributed by atoms with van der Waals surface area (Å²) in [5.41, 5.74) is 18.6. The average molecular weight is 683 g/mol. The average Bonchev–Trinajstić information content (AvgIpc) is 3.73. The molecule has 1 aliphatic heterocycles. The predicted molar refractivity (Wildman–Crippen MR) is 223 cm³/mol. The van der Waals surface area contributed by atoms with Crippen molar-refractivity contribution in [2.45, 2.75) is 24.8 Å². The highest BCUT2D eigenvalue weighted by Gasteiger charge is 2.40. The molecule has 0 amide bonds. The fourth-order valence-corrected chi connectivity index (χ4v) is 8.74. The summed E-state index contributed by atoms with van der Waals surface area (Å²) < 4.78 is 2.31. The molecule has 0 bridgehead atoms. The normalized spacial score (nSPS) is 17.6. The maximum atomic E-state index is 7.14. The van der Waals surface area contributed by atoms with Crippen LogP contribution in [0.1, 0.15) is 34.6 Å². The van der Waals surface area contributed by atoms with E-state index < -0.39 is 0 Å². The Bertz CT molecular complexity index is 2780. The molecule has 0 fully saturated rings. The Balaban J connectivity index is 1.11. The molecule has 2 aromatic heterocycles. The zero-order valence-corrected chi connectivity index (χ0v) is 29.4. The van der Waals surface area contributed by atoms with Crippen molar-refractivity contribution >= 4 is 49.9 Å². The van der Waals surface area contributed by atoms with Crippen LogP contribution in [-0.2, 0) is 6.42 Å². The third kappa shape index (κ3) is 5.02. The second kappa shape index (κ2) is 12.5. The predicted octanol–water partition coefficient (Wildman–Crippen LogP) is 11.4. The molecule has 5 aromatic carbocycles. The number of hydrogen-bond acceptors (Lipinski definition) is 3. The summed E-state index contributed by atoms with van der Waals surface area (Å²) in [5, 5.41) is 4.75. The molecule has 0 saturated heterocycles. The van der Waals surface area contributed by atoms with E-state index in [1.807, 2.05) is 12.2 Å². The molecule has 2 aliphatic carbocycles. The summed E-state index contributed by atoms with van der Waals surface area (Å²) in [6.07, 6.45) is 21.7. The van der Waals surface area contributed by atoms with Crippen LogP contribution < -0.4 is 10.6 Å². The summed E-state index contributed by atoms with van der Waals surface area (Å²) in [6, 6.07) is 41.1. The van der Waals surface area contributed by atoms with Gasteiger partial charge in [-0.3, -0.25) is 4.57 Å². The fraction of sp³-hybridized carbons (Fsp3) is 0.0816. The molecular weight excluding hydrogens is 645 g/mol.